The number of rotatable bonds is 1. The molecule has 0 amide bonds. The maximum atomic E-state index is 10.8. The van der Waals surface area contributed by atoms with E-state index in [1.807, 2.05) is 19.1 Å². The molecule has 1 radical (unpaired) electrons. The van der Waals surface area contributed by atoms with Crippen LogP contribution in [-0.2, 0) is 0 Å². The summed E-state index contributed by atoms with van der Waals surface area (Å²) in [5.41, 5.74) is 1.58. The summed E-state index contributed by atoms with van der Waals surface area (Å²) < 4.78 is 0.801. The summed E-state index contributed by atoms with van der Waals surface area (Å²) in [6.45, 7) is 1.92. The Kier molecular flexibility index (Phi) is 2.72. The molecule has 0 aromatic heterocycles. The molecule has 57 valence electrons. The van der Waals surface area contributed by atoms with Crippen molar-refractivity contribution in [1.29, 1.82) is 0 Å². The van der Waals surface area contributed by atoms with Gasteiger partial charge in [-0.15, -0.1) is 0 Å². The van der Waals surface area contributed by atoms with Crippen LogP contribution in [0.2, 0.25) is 0 Å². The molecule has 0 saturated carbocycles. The van der Waals surface area contributed by atoms with Crippen molar-refractivity contribution in [3.63, 3.8) is 0 Å². The molecule has 0 bridgehead atoms. The minimum absolute atomic E-state index is 0.414. The van der Waals surface area contributed by atoms with Crippen molar-refractivity contribution in [3.05, 3.63) is 29.3 Å². The van der Waals surface area contributed by atoms with Crippen LogP contribution in [0.15, 0.2) is 18.2 Å². The molecule has 0 aliphatic rings. The quantitative estimate of drug-likeness (QED) is 0.525. The van der Waals surface area contributed by atoms with Gasteiger partial charge in [0.05, 0.1) is 0 Å². The SMILES string of the molecule is Cc1ccc([Se])c(C(=O)Cl)c1. The van der Waals surface area contributed by atoms with E-state index in [2.05, 4.69) is 16.0 Å². The van der Waals surface area contributed by atoms with E-state index in [1.54, 1.807) is 6.07 Å². The van der Waals surface area contributed by atoms with Gasteiger partial charge >= 0.3 is 78.4 Å². The molecule has 0 N–H and O–H groups in total. The number of carbonyl (C=O) groups is 1. The van der Waals surface area contributed by atoms with Crippen LogP contribution >= 0.6 is 11.6 Å². The number of hydrogen-bond acceptors (Lipinski definition) is 1. The Morgan fingerprint density at radius 2 is 2.18 bits per heavy atom. The van der Waals surface area contributed by atoms with E-state index in [9.17, 15) is 4.79 Å². The number of aryl methyl sites for hydroxylation is 1. The van der Waals surface area contributed by atoms with Crippen molar-refractivity contribution >= 4 is 37.3 Å². The van der Waals surface area contributed by atoms with Crippen molar-refractivity contribution in [2.75, 3.05) is 0 Å². The molecule has 0 spiro atoms. The van der Waals surface area contributed by atoms with Crippen LogP contribution in [0, 0.1) is 6.92 Å². The fourth-order valence-corrected chi connectivity index (χ4v) is 1.54. The molecule has 11 heavy (non-hydrogen) atoms. The average molecular weight is 233 g/mol. The molecular formula is C8H6ClOSe. The monoisotopic (exact) mass is 233 g/mol. The third-order valence-corrected chi connectivity index (χ3v) is 2.30. The third-order valence-electron chi connectivity index (χ3n) is 1.35. The standard InChI is InChI=1S/C8H6ClOSe/c1-5-2-3-7(11)6(4-5)8(9)10/h2-4H,1H3. The Bertz CT molecular complexity index is 296. The maximum absolute atomic E-state index is 10.8. The molecule has 0 heterocycles. The molecule has 1 rings (SSSR count). The van der Waals surface area contributed by atoms with Gasteiger partial charge in [0.2, 0.25) is 0 Å². The van der Waals surface area contributed by atoms with E-state index in [1.165, 1.54) is 0 Å². The van der Waals surface area contributed by atoms with Crippen LogP contribution in [0.25, 0.3) is 0 Å². The minimum atomic E-state index is -0.414. The molecule has 0 aliphatic heterocycles. The van der Waals surface area contributed by atoms with E-state index >= 15 is 0 Å². The molecule has 0 atom stereocenters. The number of benzene rings is 1. The molecule has 3 heteroatoms. The van der Waals surface area contributed by atoms with Crippen LogP contribution in [0.3, 0.4) is 0 Å². The summed E-state index contributed by atoms with van der Waals surface area (Å²) in [4.78, 5) is 10.8. The first kappa shape index (κ1) is 8.79. The van der Waals surface area contributed by atoms with Gasteiger partial charge in [-0.1, -0.05) is 0 Å². The molecule has 0 fully saturated rings. The first-order chi connectivity index (χ1) is 5.11. The molecule has 0 unspecified atom stereocenters. The molecule has 1 nitrogen and oxygen atoms in total. The zero-order valence-corrected chi connectivity index (χ0v) is 8.40. The summed E-state index contributed by atoms with van der Waals surface area (Å²) in [6.07, 6.45) is 0. The number of carbonyl (C=O) groups excluding carboxylic acids is 1. The number of halogens is 1. The Balaban J connectivity index is 3.23. The molecule has 0 aliphatic carbocycles. The average Bonchev–Trinajstić information content (AvgIpc) is 1.94. The second-order valence-electron chi connectivity index (χ2n) is 2.27. The normalized spacial score (nSPS) is 9.64. The van der Waals surface area contributed by atoms with E-state index in [4.69, 9.17) is 11.6 Å². The second-order valence-corrected chi connectivity index (χ2v) is 3.54. The van der Waals surface area contributed by atoms with Gasteiger partial charge < -0.3 is 0 Å². The summed E-state index contributed by atoms with van der Waals surface area (Å²) in [5.74, 6) is 0. The predicted molar refractivity (Wildman–Crippen MR) is 46.8 cm³/mol. The van der Waals surface area contributed by atoms with Crippen LogP contribution in [-0.4, -0.2) is 21.3 Å². The van der Waals surface area contributed by atoms with Gasteiger partial charge in [-0.3, -0.25) is 0 Å². The first-order valence-electron chi connectivity index (χ1n) is 3.09. The Morgan fingerprint density at radius 1 is 1.55 bits per heavy atom. The van der Waals surface area contributed by atoms with Crippen LogP contribution in [0.4, 0.5) is 0 Å². The van der Waals surface area contributed by atoms with Crippen molar-refractivity contribution in [3.8, 4) is 0 Å². The van der Waals surface area contributed by atoms with Crippen LogP contribution in [0.1, 0.15) is 15.9 Å². The van der Waals surface area contributed by atoms with Crippen molar-refractivity contribution in [2.45, 2.75) is 6.92 Å². The van der Waals surface area contributed by atoms with Gasteiger partial charge in [-0.2, -0.15) is 0 Å². The van der Waals surface area contributed by atoms with E-state index < -0.39 is 5.24 Å². The predicted octanol–water partition coefficient (Wildman–Crippen LogP) is 1.17. The van der Waals surface area contributed by atoms with Crippen LogP contribution < -0.4 is 4.46 Å². The molecule has 0 saturated heterocycles. The topological polar surface area (TPSA) is 17.1 Å². The zero-order valence-electron chi connectivity index (χ0n) is 5.93. The molecular weight excluding hydrogens is 226 g/mol. The van der Waals surface area contributed by atoms with Gasteiger partial charge in [0.1, 0.15) is 0 Å². The fraction of sp³-hybridized carbons (Fsp3) is 0.125. The first-order valence-corrected chi connectivity index (χ1v) is 4.32. The zero-order chi connectivity index (χ0) is 8.43. The Labute approximate surface area is 78.6 Å². The molecule has 1 aromatic carbocycles. The van der Waals surface area contributed by atoms with Gasteiger partial charge in [-0.05, 0) is 0 Å². The van der Waals surface area contributed by atoms with Crippen molar-refractivity contribution in [1.82, 2.24) is 0 Å². The van der Waals surface area contributed by atoms with Gasteiger partial charge in [-0.25, -0.2) is 0 Å². The van der Waals surface area contributed by atoms with E-state index in [0.29, 0.717) is 5.56 Å². The van der Waals surface area contributed by atoms with E-state index in [0.717, 1.165) is 10.0 Å². The Morgan fingerprint density at radius 3 is 2.64 bits per heavy atom. The summed E-state index contributed by atoms with van der Waals surface area (Å²) in [7, 11) is 0. The summed E-state index contributed by atoms with van der Waals surface area (Å²) in [5, 5.41) is -0.414. The number of hydrogen-bond donors (Lipinski definition) is 0. The fourth-order valence-electron chi connectivity index (χ4n) is 0.797. The van der Waals surface area contributed by atoms with Crippen molar-refractivity contribution < 1.29 is 4.79 Å². The third kappa shape index (κ3) is 2.06. The summed E-state index contributed by atoms with van der Waals surface area (Å²) >= 11 is 8.10. The van der Waals surface area contributed by atoms with Gasteiger partial charge in [0, 0.05) is 0 Å². The van der Waals surface area contributed by atoms with Crippen molar-refractivity contribution in [2.24, 2.45) is 0 Å². The summed E-state index contributed by atoms with van der Waals surface area (Å²) in [6, 6.07) is 5.53. The Hall–Kier alpha value is -0.301. The second kappa shape index (κ2) is 3.40. The van der Waals surface area contributed by atoms with Gasteiger partial charge in [0.25, 0.3) is 0 Å². The van der Waals surface area contributed by atoms with Crippen LogP contribution in [0.5, 0.6) is 0 Å². The van der Waals surface area contributed by atoms with E-state index in [-0.39, 0.29) is 0 Å². The van der Waals surface area contributed by atoms with Gasteiger partial charge in [0.15, 0.2) is 0 Å². The molecule has 1 aromatic rings.